The molecular formula is C31H52N4O5. The highest BCUT2D eigenvalue weighted by Gasteiger charge is 2.27. The van der Waals surface area contributed by atoms with Gasteiger partial charge in [0.2, 0.25) is 5.91 Å². The highest BCUT2D eigenvalue weighted by atomic mass is 16.6. The monoisotopic (exact) mass is 560 g/mol. The van der Waals surface area contributed by atoms with Crippen LogP contribution in [0.15, 0.2) is 30.4 Å². The number of amides is 2. The third kappa shape index (κ3) is 13.4. The van der Waals surface area contributed by atoms with Crippen molar-refractivity contribution in [3.8, 4) is 11.5 Å². The summed E-state index contributed by atoms with van der Waals surface area (Å²) in [5.41, 5.74) is 12.4. The lowest BCUT2D eigenvalue weighted by molar-refractivity contribution is -0.122. The number of Topliss-reactive ketones (excluding diaryl/α,β-unsaturated/α-hetero) is 1. The Hall–Kier alpha value is -2.91. The maximum atomic E-state index is 12.9. The van der Waals surface area contributed by atoms with Gasteiger partial charge in [-0.25, -0.2) is 4.79 Å². The van der Waals surface area contributed by atoms with Crippen molar-refractivity contribution >= 4 is 17.8 Å². The van der Waals surface area contributed by atoms with E-state index in [1.807, 2.05) is 13.8 Å². The van der Waals surface area contributed by atoms with Crippen LogP contribution in [-0.2, 0) is 16.1 Å². The van der Waals surface area contributed by atoms with Crippen LogP contribution >= 0.6 is 0 Å². The zero-order valence-corrected chi connectivity index (χ0v) is 25.4. The Labute approximate surface area is 241 Å². The number of ketones is 1. The normalized spacial score (nSPS) is 13.6. The first kappa shape index (κ1) is 35.1. The fourth-order valence-electron chi connectivity index (χ4n) is 4.13. The zero-order chi connectivity index (χ0) is 30.1. The number of ether oxygens (including phenoxy) is 2. The van der Waals surface area contributed by atoms with E-state index in [0.29, 0.717) is 37.6 Å². The molecule has 0 heterocycles. The standard InChI is InChI=1S/C31H52N4O5/c1-22(2)13-9-7-8-10-15-30(37)34-21-25-16-17-28(29(20-25)39-6)40-31(38)35(5)24(4)23(3)19-27(36)26(33)14-11-12-18-32/h9,13,16-17,20,22-24,26H,7-8,10-12,14-15,18-19,21,32-33H2,1-6H3,(H,34,37)/b13-9+/t23?,24?,26-/m0/s1. The van der Waals surface area contributed by atoms with E-state index in [2.05, 4.69) is 31.3 Å². The summed E-state index contributed by atoms with van der Waals surface area (Å²) in [6, 6.07) is 4.43. The zero-order valence-electron chi connectivity index (χ0n) is 25.4. The maximum absolute atomic E-state index is 12.9. The second-order valence-electron chi connectivity index (χ2n) is 10.9. The van der Waals surface area contributed by atoms with Crippen LogP contribution < -0.4 is 26.3 Å². The van der Waals surface area contributed by atoms with Crippen molar-refractivity contribution in [3.05, 3.63) is 35.9 Å². The Morgan fingerprint density at radius 1 is 1.05 bits per heavy atom. The molecule has 5 N–H and O–H groups in total. The summed E-state index contributed by atoms with van der Waals surface area (Å²) >= 11 is 0. The van der Waals surface area contributed by atoms with Crippen molar-refractivity contribution < 1.29 is 23.9 Å². The minimum atomic E-state index is -0.554. The molecule has 2 amide bonds. The number of benzene rings is 1. The van der Waals surface area contributed by atoms with Gasteiger partial charge in [-0.15, -0.1) is 0 Å². The molecule has 0 fully saturated rings. The number of rotatable bonds is 19. The summed E-state index contributed by atoms with van der Waals surface area (Å²) in [5.74, 6) is 1.11. The van der Waals surface area contributed by atoms with E-state index < -0.39 is 12.1 Å². The average Bonchev–Trinajstić information content (AvgIpc) is 2.93. The highest BCUT2D eigenvalue weighted by Crippen LogP contribution is 2.29. The number of methoxy groups -OCH3 is 1. The van der Waals surface area contributed by atoms with Gasteiger partial charge in [0.15, 0.2) is 11.5 Å². The number of hydrogen-bond acceptors (Lipinski definition) is 7. The summed E-state index contributed by atoms with van der Waals surface area (Å²) in [7, 11) is 3.14. The summed E-state index contributed by atoms with van der Waals surface area (Å²) in [6.45, 7) is 9.03. The largest absolute Gasteiger partial charge is 0.493 e. The summed E-state index contributed by atoms with van der Waals surface area (Å²) in [4.78, 5) is 39.1. The molecule has 0 aromatic heterocycles. The van der Waals surface area contributed by atoms with Gasteiger partial charge in [0.1, 0.15) is 5.78 Å². The third-order valence-corrected chi connectivity index (χ3v) is 7.09. The number of allylic oxidation sites excluding steroid dienone is 2. The van der Waals surface area contributed by atoms with Gasteiger partial charge in [0.05, 0.1) is 13.2 Å². The molecule has 9 nitrogen and oxygen atoms in total. The lowest BCUT2D eigenvalue weighted by Gasteiger charge is -2.29. The molecule has 0 spiro atoms. The Morgan fingerprint density at radius 2 is 1.77 bits per heavy atom. The van der Waals surface area contributed by atoms with E-state index in [0.717, 1.165) is 37.7 Å². The summed E-state index contributed by atoms with van der Waals surface area (Å²) in [6.07, 6.45) is 9.65. The molecule has 0 aliphatic carbocycles. The second-order valence-corrected chi connectivity index (χ2v) is 10.9. The minimum Gasteiger partial charge on any atom is -0.493 e. The molecule has 0 radical (unpaired) electrons. The number of unbranched alkanes of at least 4 members (excludes halogenated alkanes) is 3. The first-order valence-electron chi connectivity index (χ1n) is 14.5. The number of carbonyl (C=O) groups is 3. The fraction of sp³-hybridized carbons (Fsp3) is 0.645. The molecule has 3 atom stereocenters. The molecule has 226 valence electrons. The van der Waals surface area contributed by atoms with Crippen molar-refractivity contribution in [1.29, 1.82) is 0 Å². The van der Waals surface area contributed by atoms with E-state index in [9.17, 15) is 14.4 Å². The van der Waals surface area contributed by atoms with E-state index in [1.165, 1.54) is 12.0 Å². The van der Waals surface area contributed by atoms with Crippen molar-refractivity contribution in [2.24, 2.45) is 23.3 Å². The fourth-order valence-corrected chi connectivity index (χ4v) is 4.13. The topological polar surface area (TPSA) is 137 Å². The van der Waals surface area contributed by atoms with Crippen LogP contribution in [-0.4, -0.2) is 55.5 Å². The molecule has 0 saturated carbocycles. The van der Waals surface area contributed by atoms with Gasteiger partial charge < -0.3 is 31.2 Å². The molecule has 40 heavy (non-hydrogen) atoms. The molecule has 1 aromatic carbocycles. The highest BCUT2D eigenvalue weighted by molar-refractivity contribution is 5.84. The van der Waals surface area contributed by atoms with Gasteiger partial charge in [-0.2, -0.15) is 0 Å². The number of carbonyl (C=O) groups excluding carboxylic acids is 3. The average molecular weight is 561 g/mol. The van der Waals surface area contributed by atoms with Gasteiger partial charge in [0, 0.05) is 32.5 Å². The predicted molar refractivity (Wildman–Crippen MR) is 160 cm³/mol. The molecular weight excluding hydrogens is 508 g/mol. The van der Waals surface area contributed by atoms with Crippen LogP contribution in [0.5, 0.6) is 11.5 Å². The molecule has 0 saturated heterocycles. The molecule has 0 aliphatic heterocycles. The van der Waals surface area contributed by atoms with Crippen LogP contribution in [0.25, 0.3) is 0 Å². The van der Waals surface area contributed by atoms with Crippen molar-refractivity contribution in [2.75, 3.05) is 20.7 Å². The molecule has 1 aromatic rings. The van der Waals surface area contributed by atoms with Crippen LogP contribution in [0.2, 0.25) is 0 Å². The van der Waals surface area contributed by atoms with Crippen molar-refractivity contribution in [1.82, 2.24) is 10.2 Å². The smallest absolute Gasteiger partial charge is 0.415 e. The lowest BCUT2D eigenvalue weighted by Crippen LogP contribution is -2.42. The lowest BCUT2D eigenvalue weighted by atomic mass is 9.92. The van der Waals surface area contributed by atoms with Gasteiger partial charge in [0.25, 0.3) is 0 Å². The Bertz CT molecular complexity index is 950. The number of hydrogen-bond donors (Lipinski definition) is 3. The van der Waals surface area contributed by atoms with E-state index in [-0.39, 0.29) is 35.8 Å². The van der Waals surface area contributed by atoms with Crippen molar-refractivity contribution in [2.45, 2.75) is 97.7 Å². The van der Waals surface area contributed by atoms with Gasteiger partial charge in [-0.1, -0.05) is 45.4 Å². The summed E-state index contributed by atoms with van der Waals surface area (Å²) < 4.78 is 11.1. The van der Waals surface area contributed by atoms with E-state index >= 15 is 0 Å². The maximum Gasteiger partial charge on any atom is 0.415 e. The van der Waals surface area contributed by atoms with Gasteiger partial charge in [-0.05, 0) is 75.1 Å². The van der Waals surface area contributed by atoms with Gasteiger partial charge >= 0.3 is 6.09 Å². The second kappa shape index (κ2) is 19.2. The minimum absolute atomic E-state index is 0.00189. The molecule has 0 bridgehead atoms. The first-order valence-corrected chi connectivity index (χ1v) is 14.5. The molecule has 2 unspecified atom stereocenters. The van der Waals surface area contributed by atoms with E-state index in [4.69, 9.17) is 20.9 Å². The van der Waals surface area contributed by atoms with Gasteiger partial charge in [-0.3, -0.25) is 9.59 Å². The molecule has 1 rings (SSSR count). The molecule has 0 aliphatic rings. The Morgan fingerprint density at radius 3 is 2.42 bits per heavy atom. The van der Waals surface area contributed by atoms with Crippen LogP contribution in [0.1, 0.15) is 84.6 Å². The predicted octanol–water partition coefficient (Wildman–Crippen LogP) is 4.95. The SMILES string of the molecule is COc1cc(CNC(=O)CCCC/C=C/C(C)C)ccc1OC(=O)N(C)C(C)C(C)CC(=O)[C@@H](N)CCCCN. The Kier molecular flexibility index (Phi) is 16.9. The van der Waals surface area contributed by atoms with E-state index in [1.54, 1.807) is 25.2 Å². The van der Waals surface area contributed by atoms with Crippen LogP contribution in [0.4, 0.5) is 4.79 Å². The number of nitrogens with zero attached hydrogens (tertiary/aromatic N) is 1. The summed E-state index contributed by atoms with van der Waals surface area (Å²) in [5, 5.41) is 2.93. The molecule has 9 heteroatoms. The quantitative estimate of drug-likeness (QED) is 0.161. The number of nitrogens with two attached hydrogens (primary N) is 2. The number of nitrogens with one attached hydrogen (secondary N) is 1. The third-order valence-electron chi connectivity index (χ3n) is 7.09. The Balaban J connectivity index is 2.59. The van der Waals surface area contributed by atoms with Crippen LogP contribution in [0.3, 0.4) is 0 Å². The van der Waals surface area contributed by atoms with Crippen molar-refractivity contribution in [3.63, 3.8) is 0 Å². The first-order chi connectivity index (χ1) is 19.0. The van der Waals surface area contributed by atoms with Crippen LogP contribution in [0, 0.1) is 11.8 Å².